The van der Waals surface area contributed by atoms with Gasteiger partial charge in [-0.2, -0.15) is 0 Å². The van der Waals surface area contributed by atoms with E-state index in [9.17, 15) is 5.11 Å². The molecule has 0 atom stereocenters. The molecule has 1 N–H and O–H groups in total. The summed E-state index contributed by atoms with van der Waals surface area (Å²) in [7, 11) is 0. The maximum atomic E-state index is 10.4. The molecule has 1 aliphatic rings. The van der Waals surface area contributed by atoms with Crippen molar-refractivity contribution in [1.29, 1.82) is 0 Å². The molecule has 3 heterocycles. The minimum atomic E-state index is 0.175. The highest BCUT2D eigenvalue weighted by Gasteiger charge is 2.23. The largest absolute Gasteiger partial charge is 0.507 e. The van der Waals surface area contributed by atoms with E-state index in [1.807, 2.05) is 48.5 Å². The molecule has 5 nitrogen and oxygen atoms in total. The number of nitrogens with zero attached hydrogens (tertiary/aromatic N) is 3. The molecule has 0 radical (unpaired) electrons. The first-order valence-electron chi connectivity index (χ1n) is 15.5. The van der Waals surface area contributed by atoms with Crippen molar-refractivity contribution in [2.75, 3.05) is 0 Å². The van der Waals surface area contributed by atoms with E-state index < -0.39 is 0 Å². The number of aromatic nitrogens is 3. The zero-order valence-electron chi connectivity index (χ0n) is 25.2. The molecule has 1 aliphatic heterocycles. The summed E-state index contributed by atoms with van der Waals surface area (Å²) in [4.78, 5) is 4.68. The number of pyridine rings is 1. The van der Waals surface area contributed by atoms with Crippen LogP contribution in [0.3, 0.4) is 0 Å². The molecule has 0 saturated heterocycles. The highest BCUT2D eigenvalue weighted by atomic mass is 16.5. The standard InChI is InChI=1S/C42H27N3O2/c46-40-24-8-6-19-36(40)37-21-11-25-41(43-37)47-29-13-9-12-28(26-29)44-27-45-38-22-7-5-18-34(38)32-16-3-1-14-30(32)31-15-2-4-17-33(31)35-20-10-23-39(44)42(35)45/h1-26,46H. The average molecular weight is 606 g/mol. The highest BCUT2D eigenvalue weighted by molar-refractivity contribution is 6.00. The van der Waals surface area contributed by atoms with Crippen molar-refractivity contribution in [3.63, 3.8) is 0 Å². The first-order valence-corrected chi connectivity index (χ1v) is 15.5. The molecule has 0 unspecified atom stereocenters. The zero-order chi connectivity index (χ0) is 31.3. The lowest BCUT2D eigenvalue weighted by Gasteiger charge is -2.15. The van der Waals surface area contributed by atoms with Gasteiger partial charge in [-0.15, -0.1) is 0 Å². The number of rotatable bonds is 4. The molecular weight excluding hydrogens is 578 g/mol. The van der Waals surface area contributed by atoms with Crippen molar-refractivity contribution in [3.05, 3.63) is 164 Å². The van der Waals surface area contributed by atoms with Crippen LogP contribution in [-0.2, 0) is 0 Å². The summed E-state index contributed by atoms with van der Waals surface area (Å²) in [6.45, 7) is 0. The molecule has 0 spiro atoms. The lowest BCUT2D eigenvalue weighted by Crippen LogP contribution is -2.30. The van der Waals surface area contributed by atoms with Crippen molar-refractivity contribution >= 4 is 11.0 Å². The van der Waals surface area contributed by atoms with Crippen LogP contribution in [-0.4, -0.2) is 14.7 Å². The molecule has 47 heavy (non-hydrogen) atoms. The minimum absolute atomic E-state index is 0.175. The summed E-state index contributed by atoms with van der Waals surface area (Å²) in [6, 6.07) is 53.0. The molecule has 0 bridgehead atoms. The van der Waals surface area contributed by atoms with Crippen molar-refractivity contribution in [1.82, 2.24) is 9.55 Å². The fourth-order valence-corrected chi connectivity index (χ4v) is 6.66. The van der Waals surface area contributed by atoms with Gasteiger partial charge in [-0.3, -0.25) is 9.13 Å². The van der Waals surface area contributed by atoms with E-state index in [0.717, 1.165) is 33.5 Å². The van der Waals surface area contributed by atoms with E-state index >= 15 is 0 Å². The van der Waals surface area contributed by atoms with E-state index in [0.29, 0.717) is 22.9 Å². The molecule has 0 aliphatic carbocycles. The first kappa shape index (κ1) is 26.9. The fraction of sp³-hybridized carbons (Fsp3) is 0. The molecule has 0 saturated carbocycles. The third kappa shape index (κ3) is 4.48. The highest BCUT2D eigenvalue weighted by Crippen LogP contribution is 2.43. The summed E-state index contributed by atoms with van der Waals surface area (Å²) < 4.78 is 10.6. The summed E-state index contributed by atoms with van der Waals surface area (Å²) in [5.41, 5.74) is 12.4. The Hall–Kier alpha value is -6.46. The second-order valence-corrected chi connectivity index (χ2v) is 11.5. The van der Waals surface area contributed by atoms with Gasteiger partial charge in [0.05, 0.1) is 28.1 Å². The number of benzene rings is 6. The third-order valence-corrected chi connectivity index (χ3v) is 8.75. The van der Waals surface area contributed by atoms with E-state index in [4.69, 9.17) is 4.74 Å². The van der Waals surface area contributed by atoms with Crippen LogP contribution in [0, 0.1) is 6.33 Å². The predicted octanol–water partition coefficient (Wildman–Crippen LogP) is 9.58. The van der Waals surface area contributed by atoms with Gasteiger partial charge < -0.3 is 9.84 Å². The Morgan fingerprint density at radius 1 is 0.553 bits per heavy atom. The summed E-state index contributed by atoms with van der Waals surface area (Å²) in [5.74, 6) is 1.25. The molecule has 9 rings (SSSR count). The van der Waals surface area contributed by atoms with Crippen LogP contribution in [0.4, 0.5) is 0 Å². The number of imidazole rings is 1. The van der Waals surface area contributed by atoms with Crippen LogP contribution in [0.25, 0.3) is 67.0 Å². The van der Waals surface area contributed by atoms with E-state index in [1.54, 1.807) is 12.1 Å². The Bertz CT molecular complexity index is 2480. The minimum Gasteiger partial charge on any atom is -0.507 e. The number of hydrogen-bond acceptors (Lipinski definition) is 3. The monoisotopic (exact) mass is 605 g/mol. The van der Waals surface area contributed by atoms with Crippen molar-refractivity contribution in [3.8, 4) is 73.4 Å². The van der Waals surface area contributed by atoms with Gasteiger partial charge in [-0.25, -0.2) is 4.98 Å². The van der Waals surface area contributed by atoms with Gasteiger partial charge in [-0.1, -0.05) is 109 Å². The van der Waals surface area contributed by atoms with Crippen LogP contribution < -0.4 is 9.30 Å². The lowest BCUT2D eigenvalue weighted by molar-refractivity contribution is -0.571. The van der Waals surface area contributed by atoms with Gasteiger partial charge in [0.2, 0.25) is 5.88 Å². The van der Waals surface area contributed by atoms with E-state index in [1.165, 1.54) is 22.3 Å². The molecular formula is C42H27N3O2. The smallest absolute Gasteiger partial charge is 0.269 e. The molecule has 0 amide bonds. The number of phenols is 1. The summed E-state index contributed by atoms with van der Waals surface area (Å²) in [5, 5.41) is 10.4. The predicted molar refractivity (Wildman–Crippen MR) is 185 cm³/mol. The topological polar surface area (TPSA) is 51.2 Å². The lowest BCUT2D eigenvalue weighted by atomic mass is 9.89. The Kier molecular flexibility index (Phi) is 6.22. The number of aromatic hydroxyl groups is 1. The second-order valence-electron chi connectivity index (χ2n) is 11.5. The van der Waals surface area contributed by atoms with E-state index in [-0.39, 0.29) is 5.75 Å². The molecule has 2 aromatic heterocycles. The number of hydrogen-bond donors (Lipinski definition) is 1. The van der Waals surface area contributed by atoms with Gasteiger partial charge in [0.25, 0.3) is 6.33 Å². The molecule has 6 aromatic carbocycles. The van der Waals surface area contributed by atoms with Crippen LogP contribution >= 0.6 is 0 Å². The number of ether oxygens (including phenoxy) is 1. The zero-order valence-corrected chi connectivity index (χ0v) is 25.2. The fourth-order valence-electron chi connectivity index (χ4n) is 6.66. The van der Waals surface area contributed by atoms with Gasteiger partial charge >= 0.3 is 0 Å². The van der Waals surface area contributed by atoms with Crippen LogP contribution in [0.5, 0.6) is 17.4 Å². The Balaban J connectivity index is 1.21. The maximum absolute atomic E-state index is 10.4. The summed E-state index contributed by atoms with van der Waals surface area (Å²) >= 11 is 0. The molecule has 0 fully saturated rings. The van der Waals surface area contributed by atoms with Gasteiger partial charge in [-0.05, 0) is 75.8 Å². The molecule has 8 aromatic rings. The maximum Gasteiger partial charge on any atom is 0.269 e. The first-order chi connectivity index (χ1) is 23.2. The van der Waals surface area contributed by atoms with Crippen molar-refractivity contribution in [2.45, 2.75) is 0 Å². The van der Waals surface area contributed by atoms with Crippen LogP contribution in [0.1, 0.15) is 0 Å². The summed E-state index contributed by atoms with van der Waals surface area (Å²) in [6.07, 6.45) is 3.72. The van der Waals surface area contributed by atoms with Gasteiger partial charge in [0.1, 0.15) is 11.5 Å². The number of fused-ring (bicyclic) bond motifs is 7. The quantitative estimate of drug-likeness (QED) is 0.161. The Morgan fingerprint density at radius 3 is 1.91 bits per heavy atom. The normalized spacial score (nSPS) is 11.5. The van der Waals surface area contributed by atoms with E-state index in [2.05, 4.69) is 118 Å². The molecule has 5 heteroatoms. The SMILES string of the molecule is Oc1ccccc1-c1cccc(Oc2cccc(-n3[c-][n+]4c5c(cccc53)-c3ccccc3-c3ccccc3-c3ccccc3-4)c2)n1. The number of para-hydroxylation sites is 3. The Morgan fingerprint density at radius 2 is 1.15 bits per heavy atom. The Labute approximate surface area is 271 Å². The van der Waals surface area contributed by atoms with Crippen LogP contribution in [0.15, 0.2) is 158 Å². The van der Waals surface area contributed by atoms with Gasteiger partial charge in [0, 0.05) is 11.6 Å². The van der Waals surface area contributed by atoms with Gasteiger partial charge in [0.15, 0.2) is 0 Å². The third-order valence-electron chi connectivity index (χ3n) is 8.75. The van der Waals surface area contributed by atoms with Crippen molar-refractivity contribution < 1.29 is 14.4 Å². The molecule has 222 valence electrons. The number of phenolic OH excluding ortho intramolecular Hbond substituents is 1. The average Bonchev–Trinajstić information content (AvgIpc) is 3.53. The second kappa shape index (κ2) is 10.9. The van der Waals surface area contributed by atoms with Crippen LogP contribution in [0.2, 0.25) is 0 Å². The van der Waals surface area contributed by atoms with Crippen molar-refractivity contribution in [2.24, 2.45) is 0 Å².